The SMILES string of the molecule is OCCN1CCN(c2nc3ccccc3cc2CO)CC1. The minimum absolute atomic E-state index is 0.00399. The number of β-amino-alcohol motifs (C(OH)–C–C–N with tert-alkyl or cyclic N) is 1. The number of rotatable bonds is 4. The van der Waals surface area contributed by atoms with Crippen molar-refractivity contribution in [3.63, 3.8) is 0 Å². The summed E-state index contributed by atoms with van der Waals surface area (Å²) in [6.45, 7) is 4.52. The lowest BCUT2D eigenvalue weighted by Crippen LogP contribution is -2.47. The minimum atomic E-state index is 0.00399. The molecular weight excluding hydrogens is 266 g/mol. The van der Waals surface area contributed by atoms with Crippen LogP contribution in [-0.4, -0.2) is 59.4 Å². The monoisotopic (exact) mass is 287 g/mol. The Bertz CT molecular complexity index is 609. The number of pyridine rings is 1. The predicted molar refractivity (Wildman–Crippen MR) is 83.4 cm³/mol. The summed E-state index contributed by atoms with van der Waals surface area (Å²) in [6, 6.07) is 10.0. The van der Waals surface area contributed by atoms with Crippen LogP contribution in [0.3, 0.4) is 0 Å². The lowest BCUT2D eigenvalue weighted by molar-refractivity contribution is 0.188. The van der Waals surface area contributed by atoms with Crippen LogP contribution in [-0.2, 0) is 6.61 Å². The number of hydrogen-bond acceptors (Lipinski definition) is 5. The van der Waals surface area contributed by atoms with Gasteiger partial charge in [0.2, 0.25) is 0 Å². The van der Waals surface area contributed by atoms with Crippen LogP contribution in [0, 0.1) is 0 Å². The fourth-order valence-electron chi connectivity index (χ4n) is 2.86. The standard InChI is InChI=1S/C16H21N3O2/c20-10-9-18-5-7-19(8-6-18)16-14(12-21)11-13-3-1-2-4-15(13)17-16/h1-4,11,20-21H,5-10,12H2. The third-order valence-electron chi connectivity index (χ3n) is 4.04. The molecule has 0 unspecified atom stereocenters. The van der Waals surface area contributed by atoms with Crippen molar-refractivity contribution in [2.75, 3.05) is 44.2 Å². The van der Waals surface area contributed by atoms with Crippen LogP contribution in [0.4, 0.5) is 5.82 Å². The molecule has 0 aliphatic carbocycles. The zero-order chi connectivity index (χ0) is 14.7. The average molecular weight is 287 g/mol. The zero-order valence-corrected chi connectivity index (χ0v) is 12.1. The van der Waals surface area contributed by atoms with E-state index in [9.17, 15) is 5.11 Å². The molecule has 5 heteroatoms. The van der Waals surface area contributed by atoms with Gasteiger partial charge in [-0.15, -0.1) is 0 Å². The van der Waals surface area contributed by atoms with Crippen molar-refractivity contribution in [3.8, 4) is 0 Å². The number of hydrogen-bond donors (Lipinski definition) is 2. The minimum Gasteiger partial charge on any atom is -0.395 e. The molecule has 21 heavy (non-hydrogen) atoms. The molecular formula is C16H21N3O2. The Kier molecular flexibility index (Phi) is 4.34. The van der Waals surface area contributed by atoms with Crippen LogP contribution in [0.2, 0.25) is 0 Å². The van der Waals surface area contributed by atoms with Crippen LogP contribution in [0.1, 0.15) is 5.56 Å². The summed E-state index contributed by atoms with van der Waals surface area (Å²) >= 11 is 0. The molecule has 2 aromatic rings. The summed E-state index contributed by atoms with van der Waals surface area (Å²) < 4.78 is 0. The second-order valence-corrected chi connectivity index (χ2v) is 5.37. The molecule has 0 amide bonds. The maximum Gasteiger partial charge on any atom is 0.134 e. The van der Waals surface area contributed by atoms with Gasteiger partial charge in [-0.05, 0) is 12.1 Å². The van der Waals surface area contributed by atoms with E-state index < -0.39 is 0 Å². The van der Waals surface area contributed by atoms with E-state index in [2.05, 4.69) is 9.80 Å². The number of aromatic nitrogens is 1. The molecule has 1 fully saturated rings. The maximum atomic E-state index is 9.63. The maximum absolute atomic E-state index is 9.63. The molecule has 1 saturated heterocycles. The van der Waals surface area contributed by atoms with Crippen molar-refractivity contribution in [3.05, 3.63) is 35.9 Å². The highest BCUT2D eigenvalue weighted by atomic mass is 16.3. The molecule has 1 aromatic carbocycles. The van der Waals surface area contributed by atoms with Crippen LogP contribution in [0.5, 0.6) is 0 Å². The molecule has 0 spiro atoms. The van der Waals surface area contributed by atoms with Gasteiger partial charge < -0.3 is 15.1 Å². The summed E-state index contributed by atoms with van der Waals surface area (Å²) in [5, 5.41) is 19.7. The highest BCUT2D eigenvalue weighted by Gasteiger charge is 2.20. The topological polar surface area (TPSA) is 59.8 Å². The molecule has 5 nitrogen and oxygen atoms in total. The Morgan fingerprint density at radius 1 is 1.05 bits per heavy atom. The number of fused-ring (bicyclic) bond motifs is 1. The van der Waals surface area contributed by atoms with E-state index in [4.69, 9.17) is 10.1 Å². The van der Waals surface area contributed by atoms with Crippen LogP contribution in [0.25, 0.3) is 10.9 Å². The van der Waals surface area contributed by atoms with E-state index in [1.54, 1.807) is 0 Å². The van der Waals surface area contributed by atoms with Gasteiger partial charge in [-0.1, -0.05) is 18.2 Å². The van der Waals surface area contributed by atoms with Crippen molar-refractivity contribution in [1.29, 1.82) is 0 Å². The van der Waals surface area contributed by atoms with Gasteiger partial charge in [0.25, 0.3) is 0 Å². The van der Waals surface area contributed by atoms with E-state index in [0.717, 1.165) is 55.0 Å². The number of piperazine rings is 1. The first-order valence-electron chi connectivity index (χ1n) is 7.39. The fraction of sp³-hybridized carbons (Fsp3) is 0.438. The zero-order valence-electron chi connectivity index (χ0n) is 12.1. The lowest BCUT2D eigenvalue weighted by Gasteiger charge is -2.35. The smallest absolute Gasteiger partial charge is 0.134 e. The normalized spacial score (nSPS) is 16.6. The molecule has 3 rings (SSSR count). The van der Waals surface area contributed by atoms with Gasteiger partial charge in [0.05, 0.1) is 18.7 Å². The molecule has 1 aliphatic rings. The number of benzene rings is 1. The molecule has 0 atom stereocenters. The van der Waals surface area contributed by atoms with Gasteiger partial charge in [-0.3, -0.25) is 4.90 Å². The third-order valence-corrected chi connectivity index (χ3v) is 4.04. The summed E-state index contributed by atoms with van der Waals surface area (Å²) in [5.74, 6) is 0.889. The van der Waals surface area contributed by atoms with Crippen LogP contribution < -0.4 is 4.90 Å². The van der Waals surface area contributed by atoms with Gasteiger partial charge >= 0.3 is 0 Å². The van der Waals surface area contributed by atoms with Gasteiger partial charge in [0, 0.05) is 43.7 Å². The summed E-state index contributed by atoms with van der Waals surface area (Å²) in [6.07, 6.45) is 0. The number of aliphatic hydroxyl groups excluding tert-OH is 2. The van der Waals surface area contributed by atoms with E-state index in [1.807, 2.05) is 30.3 Å². The first-order valence-corrected chi connectivity index (χ1v) is 7.39. The number of anilines is 1. The number of para-hydroxylation sites is 1. The Balaban J connectivity index is 1.86. The highest BCUT2D eigenvalue weighted by molar-refractivity contribution is 5.81. The Morgan fingerprint density at radius 3 is 2.52 bits per heavy atom. The first kappa shape index (κ1) is 14.3. The number of aliphatic hydroxyl groups is 2. The summed E-state index contributed by atoms with van der Waals surface area (Å²) in [5.41, 5.74) is 1.84. The Morgan fingerprint density at radius 2 is 1.81 bits per heavy atom. The summed E-state index contributed by atoms with van der Waals surface area (Å²) in [7, 11) is 0. The second-order valence-electron chi connectivity index (χ2n) is 5.37. The molecule has 1 aromatic heterocycles. The average Bonchev–Trinajstić information content (AvgIpc) is 2.54. The molecule has 2 N–H and O–H groups in total. The predicted octanol–water partition coefficient (Wildman–Crippen LogP) is 0.841. The van der Waals surface area contributed by atoms with Crippen LogP contribution in [0.15, 0.2) is 30.3 Å². The largest absolute Gasteiger partial charge is 0.395 e. The van der Waals surface area contributed by atoms with Crippen molar-refractivity contribution in [2.24, 2.45) is 0 Å². The van der Waals surface area contributed by atoms with Crippen molar-refractivity contribution < 1.29 is 10.2 Å². The molecule has 0 bridgehead atoms. The fourth-order valence-corrected chi connectivity index (χ4v) is 2.86. The molecule has 0 saturated carbocycles. The quantitative estimate of drug-likeness (QED) is 0.873. The van der Waals surface area contributed by atoms with Gasteiger partial charge in [-0.2, -0.15) is 0 Å². The van der Waals surface area contributed by atoms with Crippen molar-refractivity contribution >= 4 is 16.7 Å². The lowest BCUT2D eigenvalue weighted by atomic mass is 10.1. The highest BCUT2D eigenvalue weighted by Crippen LogP contribution is 2.24. The van der Waals surface area contributed by atoms with E-state index in [0.29, 0.717) is 0 Å². The second kappa shape index (κ2) is 6.39. The van der Waals surface area contributed by atoms with Gasteiger partial charge in [0.1, 0.15) is 5.82 Å². The van der Waals surface area contributed by atoms with Crippen molar-refractivity contribution in [2.45, 2.75) is 6.61 Å². The van der Waals surface area contributed by atoms with Gasteiger partial charge in [0.15, 0.2) is 0 Å². The van der Waals surface area contributed by atoms with Crippen molar-refractivity contribution in [1.82, 2.24) is 9.88 Å². The molecule has 2 heterocycles. The van der Waals surface area contributed by atoms with Gasteiger partial charge in [-0.25, -0.2) is 4.98 Å². The van der Waals surface area contributed by atoms with Crippen LogP contribution >= 0.6 is 0 Å². The van der Waals surface area contributed by atoms with E-state index in [1.165, 1.54) is 0 Å². The number of nitrogens with zero attached hydrogens (tertiary/aromatic N) is 3. The molecule has 1 aliphatic heterocycles. The first-order chi connectivity index (χ1) is 10.3. The van der Waals surface area contributed by atoms with E-state index >= 15 is 0 Å². The third kappa shape index (κ3) is 3.00. The van der Waals surface area contributed by atoms with E-state index in [-0.39, 0.29) is 13.2 Å². The molecule has 0 radical (unpaired) electrons. The molecule has 112 valence electrons. The summed E-state index contributed by atoms with van der Waals surface area (Å²) in [4.78, 5) is 9.21. The Hall–Kier alpha value is -1.69. The Labute approximate surface area is 124 Å².